The highest BCUT2D eigenvalue weighted by Gasteiger charge is 2.40. The second-order valence-corrected chi connectivity index (χ2v) is 4.29. The number of benzene rings is 1. The maximum atomic E-state index is 10.5. The van der Waals surface area contributed by atoms with Crippen LogP contribution in [-0.4, -0.2) is 13.2 Å². The van der Waals surface area contributed by atoms with E-state index in [-0.39, 0.29) is 0 Å². The van der Waals surface area contributed by atoms with Crippen LogP contribution in [0, 0.1) is 0 Å². The van der Waals surface area contributed by atoms with Crippen molar-refractivity contribution in [3.05, 3.63) is 28.8 Å². The molecule has 0 aromatic heterocycles. The molecule has 84 valence electrons. The fraction of sp³-hybridized carbons (Fsp3) is 0.417. The van der Waals surface area contributed by atoms with Crippen LogP contribution in [0.4, 0.5) is 0 Å². The third-order valence-electron chi connectivity index (χ3n) is 3.12. The molecule has 0 spiro atoms. The molecule has 1 aliphatic rings. The minimum atomic E-state index is -0.465. The highest BCUT2D eigenvalue weighted by Crippen LogP contribution is 2.48. The monoisotopic (exact) mass is 237 g/mol. The summed E-state index contributed by atoms with van der Waals surface area (Å²) in [7, 11) is 1.57. The van der Waals surface area contributed by atoms with Gasteiger partial charge in [-0.2, -0.15) is 4.99 Å². The molecule has 1 aliphatic carbocycles. The van der Waals surface area contributed by atoms with Crippen molar-refractivity contribution < 1.29 is 9.53 Å². The number of carbonyl (C=O) groups excluding carboxylic acids is 1. The van der Waals surface area contributed by atoms with Crippen LogP contribution in [0.15, 0.2) is 23.2 Å². The minimum absolute atomic E-state index is 0.465. The molecule has 1 aromatic rings. The Morgan fingerprint density at radius 2 is 2.25 bits per heavy atom. The zero-order valence-corrected chi connectivity index (χ0v) is 9.75. The fourth-order valence-electron chi connectivity index (χ4n) is 2.07. The van der Waals surface area contributed by atoms with Gasteiger partial charge in [0.25, 0.3) is 0 Å². The zero-order valence-electron chi connectivity index (χ0n) is 9.00. The molecule has 1 aromatic carbocycles. The Bertz CT molecular complexity index is 448. The van der Waals surface area contributed by atoms with Crippen molar-refractivity contribution in [1.82, 2.24) is 0 Å². The summed E-state index contributed by atoms with van der Waals surface area (Å²) in [6.07, 6.45) is 4.39. The fourth-order valence-corrected chi connectivity index (χ4v) is 2.45. The van der Waals surface area contributed by atoms with Crippen LogP contribution in [0.1, 0.15) is 24.8 Å². The number of isocyanates is 1. The van der Waals surface area contributed by atoms with Gasteiger partial charge in [0.05, 0.1) is 17.7 Å². The Balaban J connectivity index is 2.50. The summed E-state index contributed by atoms with van der Waals surface area (Å²) >= 11 is 6.23. The van der Waals surface area contributed by atoms with Crippen LogP contribution in [0.2, 0.25) is 5.02 Å². The van der Waals surface area contributed by atoms with Crippen LogP contribution in [0.5, 0.6) is 5.75 Å². The molecule has 1 saturated carbocycles. The number of aliphatic imine (C=N–C) groups is 1. The van der Waals surface area contributed by atoms with Gasteiger partial charge in [0, 0.05) is 5.56 Å². The largest absolute Gasteiger partial charge is 0.495 e. The molecular weight excluding hydrogens is 226 g/mol. The smallest absolute Gasteiger partial charge is 0.235 e. The van der Waals surface area contributed by atoms with E-state index in [0.717, 1.165) is 24.8 Å². The lowest BCUT2D eigenvalue weighted by Crippen LogP contribution is -2.32. The number of methoxy groups -OCH3 is 1. The Morgan fingerprint density at radius 1 is 1.50 bits per heavy atom. The van der Waals surface area contributed by atoms with Crippen LogP contribution >= 0.6 is 11.6 Å². The van der Waals surface area contributed by atoms with Crippen LogP contribution < -0.4 is 4.74 Å². The van der Waals surface area contributed by atoms with E-state index in [2.05, 4.69) is 4.99 Å². The van der Waals surface area contributed by atoms with Gasteiger partial charge in [-0.3, -0.25) is 0 Å². The van der Waals surface area contributed by atoms with Gasteiger partial charge >= 0.3 is 0 Å². The number of ether oxygens (including phenoxy) is 1. The van der Waals surface area contributed by atoms with Gasteiger partial charge < -0.3 is 4.74 Å². The second-order valence-electron chi connectivity index (χ2n) is 3.91. The molecule has 0 N–H and O–H groups in total. The third kappa shape index (κ3) is 1.62. The quantitative estimate of drug-likeness (QED) is 0.599. The summed E-state index contributed by atoms with van der Waals surface area (Å²) in [5, 5.41) is 0.545. The molecule has 0 aliphatic heterocycles. The van der Waals surface area contributed by atoms with Crippen molar-refractivity contribution in [2.24, 2.45) is 4.99 Å². The maximum Gasteiger partial charge on any atom is 0.235 e. The van der Waals surface area contributed by atoms with Crippen LogP contribution in [0.3, 0.4) is 0 Å². The van der Waals surface area contributed by atoms with Gasteiger partial charge in [-0.05, 0) is 25.3 Å². The van der Waals surface area contributed by atoms with Gasteiger partial charge in [-0.1, -0.05) is 23.7 Å². The predicted octanol–water partition coefficient (Wildman–Crippen LogP) is 3.06. The molecule has 3 nitrogen and oxygen atoms in total. The second kappa shape index (κ2) is 4.28. The van der Waals surface area contributed by atoms with E-state index in [9.17, 15) is 4.79 Å². The minimum Gasteiger partial charge on any atom is -0.495 e. The van der Waals surface area contributed by atoms with E-state index < -0.39 is 5.54 Å². The van der Waals surface area contributed by atoms with Crippen molar-refractivity contribution in [3.63, 3.8) is 0 Å². The first-order chi connectivity index (χ1) is 7.73. The van der Waals surface area contributed by atoms with Gasteiger partial charge in [-0.25, -0.2) is 4.79 Å². The van der Waals surface area contributed by atoms with E-state index in [1.807, 2.05) is 12.1 Å². The first-order valence-corrected chi connectivity index (χ1v) is 5.53. The van der Waals surface area contributed by atoms with Crippen molar-refractivity contribution in [1.29, 1.82) is 0 Å². The third-order valence-corrected chi connectivity index (χ3v) is 3.51. The molecule has 0 heterocycles. The molecule has 0 saturated heterocycles. The van der Waals surface area contributed by atoms with Crippen LogP contribution in [-0.2, 0) is 10.3 Å². The number of hydrogen-bond acceptors (Lipinski definition) is 3. The van der Waals surface area contributed by atoms with Crippen molar-refractivity contribution in [2.45, 2.75) is 24.8 Å². The van der Waals surface area contributed by atoms with Gasteiger partial charge in [0.15, 0.2) is 0 Å². The molecule has 4 heteroatoms. The van der Waals surface area contributed by atoms with E-state index in [4.69, 9.17) is 16.3 Å². The number of hydrogen-bond donors (Lipinski definition) is 0. The van der Waals surface area contributed by atoms with Gasteiger partial charge in [0.2, 0.25) is 6.08 Å². The van der Waals surface area contributed by atoms with Crippen molar-refractivity contribution >= 4 is 17.7 Å². The molecule has 0 bridgehead atoms. The summed E-state index contributed by atoms with van der Waals surface area (Å²) in [6, 6.07) is 5.55. The first-order valence-electron chi connectivity index (χ1n) is 5.15. The first kappa shape index (κ1) is 11.2. The van der Waals surface area contributed by atoms with E-state index in [0.29, 0.717) is 10.8 Å². The molecule has 0 amide bonds. The molecule has 0 radical (unpaired) electrons. The average Bonchev–Trinajstić information content (AvgIpc) is 2.24. The van der Waals surface area contributed by atoms with Crippen molar-refractivity contribution in [2.75, 3.05) is 7.11 Å². The Hall–Kier alpha value is -1.31. The van der Waals surface area contributed by atoms with E-state index in [1.165, 1.54) is 0 Å². The van der Waals surface area contributed by atoms with Gasteiger partial charge in [0.1, 0.15) is 5.75 Å². The summed E-state index contributed by atoms with van der Waals surface area (Å²) < 4.78 is 5.16. The molecular formula is C12H12ClNO2. The maximum absolute atomic E-state index is 10.5. The van der Waals surface area contributed by atoms with E-state index in [1.54, 1.807) is 19.3 Å². The topological polar surface area (TPSA) is 38.7 Å². The SMILES string of the molecule is COc1cccc(C2(N=C=O)CCC2)c1Cl. The highest BCUT2D eigenvalue weighted by atomic mass is 35.5. The molecule has 2 rings (SSSR count). The summed E-state index contributed by atoms with van der Waals surface area (Å²) in [6.45, 7) is 0. The highest BCUT2D eigenvalue weighted by molar-refractivity contribution is 6.33. The van der Waals surface area contributed by atoms with Crippen LogP contribution in [0.25, 0.3) is 0 Å². The Morgan fingerprint density at radius 3 is 2.75 bits per heavy atom. The predicted molar refractivity (Wildman–Crippen MR) is 61.7 cm³/mol. The molecule has 0 atom stereocenters. The number of nitrogens with zero attached hydrogens (tertiary/aromatic N) is 1. The zero-order chi connectivity index (χ0) is 11.6. The van der Waals surface area contributed by atoms with Gasteiger partial charge in [-0.15, -0.1) is 0 Å². The molecule has 1 fully saturated rings. The lowest BCUT2D eigenvalue weighted by molar-refractivity contribution is 0.255. The summed E-state index contributed by atoms with van der Waals surface area (Å²) in [4.78, 5) is 14.4. The number of halogens is 1. The van der Waals surface area contributed by atoms with E-state index >= 15 is 0 Å². The normalized spacial score (nSPS) is 17.1. The lowest BCUT2D eigenvalue weighted by atomic mass is 9.72. The van der Waals surface area contributed by atoms with Crippen molar-refractivity contribution in [3.8, 4) is 5.75 Å². The average molecular weight is 238 g/mol. The Kier molecular flexibility index (Phi) is 2.99. The summed E-state index contributed by atoms with van der Waals surface area (Å²) in [5.41, 5.74) is 0.399. The Labute approximate surface area is 99.1 Å². The molecule has 16 heavy (non-hydrogen) atoms. The summed E-state index contributed by atoms with van der Waals surface area (Å²) in [5.74, 6) is 0.617. The number of rotatable bonds is 3. The lowest BCUT2D eigenvalue weighted by Gasteiger charge is -2.37. The molecule has 0 unspecified atom stereocenters. The standard InChI is InChI=1S/C12H12ClNO2/c1-16-10-5-2-4-9(11(10)13)12(14-8-15)6-3-7-12/h2,4-5H,3,6-7H2,1H3.